The number of aromatic nitrogens is 2. The smallest absolute Gasteiger partial charge is 0.159 e. The lowest BCUT2D eigenvalue weighted by Crippen LogP contribution is -2.45. The zero-order valence-corrected chi connectivity index (χ0v) is 11.5. The zero-order valence-electron chi connectivity index (χ0n) is 10.8. The molecule has 3 heterocycles. The van der Waals surface area contributed by atoms with Crippen LogP contribution in [0, 0.1) is 0 Å². The number of anilines is 1. The van der Waals surface area contributed by atoms with Crippen molar-refractivity contribution in [2.45, 2.75) is 18.5 Å². The monoisotopic (exact) mass is 274 g/mol. The first-order chi connectivity index (χ1) is 9.24. The van der Waals surface area contributed by atoms with Crippen LogP contribution in [0.25, 0.3) is 10.8 Å². The third-order valence-electron chi connectivity index (χ3n) is 4.41. The van der Waals surface area contributed by atoms with E-state index in [-0.39, 0.29) is 0 Å². The van der Waals surface area contributed by atoms with E-state index in [1.54, 1.807) is 0 Å². The van der Waals surface area contributed by atoms with Gasteiger partial charge in [0.15, 0.2) is 11.0 Å². The fourth-order valence-electron chi connectivity index (χ4n) is 3.39. The number of halogens is 1. The highest BCUT2D eigenvalue weighted by Gasteiger charge is 2.42. The topological polar surface area (TPSA) is 32.3 Å². The Morgan fingerprint density at radius 1 is 1.11 bits per heavy atom. The molecule has 98 valence electrons. The second-order valence-corrected chi connectivity index (χ2v) is 5.85. The summed E-state index contributed by atoms with van der Waals surface area (Å²) in [6.07, 6.45) is 1.23. The van der Waals surface area contributed by atoms with Crippen LogP contribution in [0.1, 0.15) is 6.42 Å². The van der Waals surface area contributed by atoms with Crippen molar-refractivity contribution in [3.8, 4) is 0 Å². The lowest BCUT2D eigenvalue weighted by Gasteiger charge is -2.33. The van der Waals surface area contributed by atoms with Gasteiger partial charge >= 0.3 is 0 Å². The van der Waals surface area contributed by atoms with Crippen molar-refractivity contribution in [1.29, 1.82) is 0 Å². The molecule has 0 aliphatic carbocycles. The normalized spacial score (nSPS) is 26.5. The lowest BCUT2D eigenvalue weighted by atomic mass is 10.1. The molecule has 1 aromatic heterocycles. The summed E-state index contributed by atoms with van der Waals surface area (Å²) in [6, 6.07) is 9.33. The number of likely N-dealkylation sites (tertiary alicyclic amines) is 1. The molecule has 2 atom stereocenters. The van der Waals surface area contributed by atoms with E-state index in [0.29, 0.717) is 17.2 Å². The maximum absolute atomic E-state index is 6.14. The van der Waals surface area contributed by atoms with Crippen LogP contribution in [-0.4, -0.2) is 47.3 Å². The van der Waals surface area contributed by atoms with Gasteiger partial charge in [-0.2, -0.15) is 0 Å². The quantitative estimate of drug-likeness (QED) is 0.798. The molecule has 1 aromatic carbocycles. The Bertz CT molecular complexity index is 642. The molecule has 2 aliphatic heterocycles. The summed E-state index contributed by atoms with van der Waals surface area (Å²) in [6.45, 7) is 2.16. The minimum absolute atomic E-state index is 0.487. The number of hydrogen-bond acceptors (Lipinski definition) is 4. The molecule has 0 N–H and O–H groups in total. The van der Waals surface area contributed by atoms with Crippen molar-refractivity contribution in [3.63, 3.8) is 0 Å². The Labute approximate surface area is 117 Å². The number of likely N-dealkylation sites (N-methyl/N-ethyl adjacent to an activating group) is 1. The first-order valence-corrected chi connectivity index (χ1v) is 6.99. The van der Waals surface area contributed by atoms with E-state index in [0.717, 1.165) is 29.7 Å². The molecule has 4 nitrogen and oxygen atoms in total. The number of fused-ring (bicyclic) bond motifs is 3. The summed E-state index contributed by atoms with van der Waals surface area (Å²) >= 11 is 6.14. The Balaban J connectivity index is 1.83. The highest BCUT2D eigenvalue weighted by atomic mass is 35.5. The SMILES string of the molecule is CN1C[C@@H]2C[C@H]1CN2c1nnc(Cl)c2ccccc12. The van der Waals surface area contributed by atoms with E-state index in [9.17, 15) is 0 Å². The second kappa shape index (κ2) is 4.05. The van der Waals surface area contributed by atoms with Crippen molar-refractivity contribution in [3.05, 3.63) is 29.4 Å². The number of rotatable bonds is 1. The van der Waals surface area contributed by atoms with Gasteiger partial charge in [-0.15, -0.1) is 10.2 Å². The van der Waals surface area contributed by atoms with E-state index in [4.69, 9.17) is 11.6 Å². The maximum Gasteiger partial charge on any atom is 0.159 e. The van der Waals surface area contributed by atoms with E-state index < -0.39 is 0 Å². The molecule has 0 radical (unpaired) electrons. The first-order valence-electron chi connectivity index (χ1n) is 6.62. The van der Waals surface area contributed by atoms with Gasteiger partial charge in [0, 0.05) is 35.9 Å². The Morgan fingerprint density at radius 2 is 1.89 bits per heavy atom. The standard InChI is InChI=1S/C14H15ClN4/c1-18-7-10-6-9(18)8-19(10)14-12-5-3-2-4-11(12)13(15)16-17-14/h2-5,9-10H,6-8H2,1H3/t9-,10-/m0/s1. The summed E-state index contributed by atoms with van der Waals surface area (Å²) in [5, 5.41) is 11.1. The Kier molecular flexibility index (Phi) is 2.44. The van der Waals surface area contributed by atoms with Crippen LogP contribution in [0.3, 0.4) is 0 Å². The Morgan fingerprint density at radius 3 is 2.58 bits per heavy atom. The fourth-order valence-corrected chi connectivity index (χ4v) is 3.60. The van der Waals surface area contributed by atoms with Crippen molar-refractivity contribution in [2.24, 2.45) is 0 Å². The van der Waals surface area contributed by atoms with Crippen LogP contribution in [0.2, 0.25) is 5.15 Å². The van der Waals surface area contributed by atoms with Crippen LogP contribution in [0.4, 0.5) is 5.82 Å². The van der Waals surface area contributed by atoms with Gasteiger partial charge in [0.1, 0.15) is 0 Å². The van der Waals surface area contributed by atoms with Gasteiger partial charge < -0.3 is 4.90 Å². The van der Waals surface area contributed by atoms with Gasteiger partial charge in [0.25, 0.3) is 0 Å². The van der Waals surface area contributed by atoms with Crippen LogP contribution in [0.15, 0.2) is 24.3 Å². The molecule has 5 heteroatoms. The zero-order chi connectivity index (χ0) is 13.0. The van der Waals surface area contributed by atoms with Crippen LogP contribution >= 0.6 is 11.6 Å². The molecular weight excluding hydrogens is 260 g/mol. The van der Waals surface area contributed by atoms with Gasteiger partial charge in [0.05, 0.1) is 0 Å². The van der Waals surface area contributed by atoms with Crippen molar-refractivity contribution in [1.82, 2.24) is 15.1 Å². The molecule has 2 aliphatic rings. The highest BCUT2D eigenvalue weighted by Crippen LogP contribution is 2.36. The van der Waals surface area contributed by atoms with Gasteiger partial charge in [-0.05, 0) is 13.5 Å². The second-order valence-electron chi connectivity index (χ2n) is 5.50. The molecule has 19 heavy (non-hydrogen) atoms. The van der Waals surface area contributed by atoms with Crippen LogP contribution < -0.4 is 4.90 Å². The maximum atomic E-state index is 6.14. The van der Waals surface area contributed by atoms with Crippen molar-refractivity contribution < 1.29 is 0 Å². The van der Waals surface area contributed by atoms with Crippen LogP contribution in [-0.2, 0) is 0 Å². The third kappa shape index (κ3) is 1.63. The number of nitrogens with zero attached hydrogens (tertiary/aromatic N) is 4. The van der Waals surface area contributed by atoms with Crippen molar-refractivity contribution in [2.75, 3.05) is 25.0 Å². The molecule has 2 bridgehead atoms. The summed E-state index contributed by atoms with van der Waals surface area (Å²) in [5.41, 5.74) is 0. The number of benzene rings is 1. The van der Waals surface area contributed by atoms with E-state index in [1.165, 1.54) is 6.42 Å². The van der Waals surface area contributed by atoms with Gasteiger partial charge in [-0.1, -0.05) is 35.9 Å². The van der Waals surface area contributed by atoms with Gasteiger partial charge in [-0.3, -0.25) is 4.90 Å². The third-order valence-corrected chi connectivity index (χ3v) is 4.69. The molecule has 0 unspecified atom stereocenters. The fraction of sp³-hybridized carbons (Fsp3) is 0.429. The summed E-state index contributed by atoms with van der Waals surface area (Å²) < 4.78 is 0. The molecular formula is C14H15ClN4. The highest BCUT2D eigenvalue weighted by molar-refractivity contribution is 6.34. The molecule has 0 saturated carbocycles. The molecule has 2 aromatic rings. The van der Waals surface area contributed by atoms with E-state index >= 15 is 0 Å². The predicted molar refractivity (Wildman–Crippen MR) is 76.7 cm³/mol. The minimum Gasteiger partial charge on any atom is -0.349 e. The summed E-state index contributed by atoms with van der Waals surface area (Å²) in [4.78, 5) is 4.84. The molecule has 0 spiro atoms. The number of hydrogen-bond donors (Lipinski definition) is 0. The van der Waals surface area contributed by atoms with E-state index in [2.05, 4.69) is 33.1 Å². The summed E-state index contributed by atoms with van der Waals surface area (Å²) in [5.74, 6) is 0.987. The van der Waals surface area contributed by atoms with Crippen LogP contribution in [0.5, 0.6) is 0 Å². The predicted octanol–water partition coefficient (Wildman–Crippen LogP) is 2.18. The van der Waals surface area contributed by atoms with E-state index in [1.807, 2.05) is 18.2 Å². The largest absolute Gasteiger partial charge is 0.349 e. The number of piperazine rings is 1. The Hall–Kier alpha value is -1.39. The van der Waals surface area contributed by atoms with Gasteiger partial charge in [-0.25, -0.2) is 0 Å². The average molecular weight is 275 g/mol. The molecule has 0 amide bonds. The average Bonchev–Trinajstić information content (AvgIpc) is 2.98. The molecule has 2 fully saturated rings. The summed E-state index contributed by atoms with van der Waals surface area (Å²) in [7, 11) is 2.20. The van der Waals surface area contributed by atoms with Gasteiger partial charge in [0.2, 0.25) is 0 Å². The first kappa shape index (κ1) is 11.4. The molecule has 4 rings (SSSR count). The lowest BCUT2D eigenvalue weighted by molar-refractivity contribution is 0.292. The minimum atomic E-state index is 0.487. The van der Waals surface area contributed by atoms with Crippen molar-refractivity contribution >= 4 is 28.2 Å². The molecule has 2 saturated heterocycles.